The van der Waals surface area contributed by atoms with Crippen LogP contribution >= 0.6 is 0 Å². The summed E-state index contributed by atoms with van der Waals surface area (Å²) in [5.41, 5.74) is 3.61. The van der Waals surface area contributed by atoms with Gasteiger partial charge in [0.25, 0.3) is 5.91 Å². The van der Waals surface area contributed by atoms with E-state index in [2.05, 4.69) is 0 Å². The zero-order valence-corrected chi connectivity index (χ0v) is 32.0. The molecule has 7 rings (SSSR count). The van der Waals surface area contributed by atoms with E-state index in [0.29, 0.717) is 55.8 Å². The molecule has 10 heteroatoms. The maximum atomic E-state index is 14.6. The predicted molar refractivity (Wildman–Crippen MR) is 213 cm³/mol. The number of rotatable bonds is 9. The van der Waals surface area contributed by atoms with Crippen molar-refractivity contribution in [2.45, 2.75) is 109 Å². The lowest BCUT2D eigenvalue weighted by molar-refractivity contribution is -0.139. The molecule has 0 aromatic heterocycles. The van der Waals surface area contributed by atoms with Gasteiger partial charge in [-0.25, -0.2) is 0 Å². The summed E-state index contributed by atoms with van der Waals surface area (Å²) >= 11 is 0. The molecule has 55 heavy (non-hydrogen) atoms. The van der Waals surface area contributed by atoms with Gasteiger partial charge < -0.3 is 29.8 Å². The highest BCUT2D eigenvalue weighted by atomic mass is 16.3. The number of carbonyl (C=O) groups excluding carboxylic acids is 4. The fourth-order valence-electron chi connectivity index (χ4n) is 8.76. The number of hydrogen-bond acceptors (Lipinski definition) is 6. The van der Waals surface area contributed by atoms with Crippen LogP contribution in [0.3, 0.4) is 0 Å². The van der Waals surface area contributed by atoms with E-state index in [0.717, 1.165) is 73.7 Å². The van der Waals surface area contributed by atoms with Gasteiger partial charge in [0, 0.05) is 61.8 Å². The monoisotopic (exact) mass is 746 g/mol. The molecule has 0 spiro atoms. The summed E-state index contributed by atoms with van der Waals surface area (Å²) in [6.45, 7) is 3.54. The van der Waals surface area contributed by atoms with Gasteiger partial charge in [-0.3, -0.25) is 19.2 Å². The van der Waals surface area contributed by atoms with Gasteiger partial charge in [0.1, 0.15) is 0 Å². The molecular weight excluding hydrogens is 693 g/mol. The van der Waals surface area contributed by atoms with E-state index in [9.17, 15) is 29.4 Å². The van der Waals surface area contributed by atoms with Gasteiger partial charge in [-0.2, -0.15) is 0 Å². The third kappa shape index (κ3) is 7.98. The smallest absolute Gasteiger partial charge is 0.264 e. The molecular formula is C45H54N4O6. The van der Waals surface area contributed by atoms with Gasteiger partial charge in [-0.15, -0.1) is 0 Å². The predicted octanol–water partition coefficient (Wildman–Crippen LogP) is 6.54. The highest BCUT2D eigenvalue weighted by Gasteiger charge is 2.53. The second-order valence-electron chi connectivity index (χ2n) is 15.7. The third-order valence-corrected chi connectivity index (χ3v) is 12.1. The molecule has 0 unspecified atom stereocenters. The van der Waals surface area contributed by atoms with Gasteiger partial charge in [0.15, 0.2) is 5.60 Å². The van der Waals surface area contributed by atoms with Crippen LogP contribution in [0.2, 0.25) is 0 Å². The molecule has 3 aromatic rings. The van der Waals surface area contributed by atoms with Crippen LogP contribution in [0.15, 0.2) is 78.9 Å². The number of aliphatic hydroxyl groups excluding tert-OH is 1. The van der Waals surface area contributed by atoms with Crippen molar-refractivity contribution in [1.29, 1.82) is 0 Å². The second-order valence-corrected chi connectivity index (χ2v) is 15.7. The normalized spacial score (nSPS) is 22.9. The largest absolute Gasteiger partial charge is 0.394 e. The first-order valence-corrected chi connectivity index (χ1v) is 20.2. The lowest BCUT2D eigenvalue weighted by atomic mass is 9.82. The van der Waals surface area contributed by atoms with Crippen LogP contribution in [0.25, 0.3) is 0 Å². The molecule has 3 aromatic carbocycles. The lowest BCUT2D eigenvalue weighted by Crippen LogP contribution is -2.46. The van der Waals surface area contributed by atoms with Crippen molar-refractivity contribution < 1.29 is 29.4 Å². The highest BCUT2D eigenvalue weighted by Crippen LogP contribution is 2.47. The van der Waals surface area contributed by atoms with E-state index in [1.165, 1.54) is 0 Å². The van der Waals surface area contributed by atoms with Crippen molar-refractivity contribution >= 4 is 40.7 Å². The molecule has 4 heterocycles. The van der Waals surface area contributed by atoms with E-state index in [4.69, 9.17) is 0 Å². The Morgan fingerprint density at radius 2 is 1.44 bits per heavy atom. The van der Waals surface area contributed by atoms with E-state index in [1.807, 2.05) is 65.6 Å². The fourth-order valence-corrected chi connectivity index (χ4v) is 8.76. The zero-order chi connectivity index (χ0) is 38.5. The third-order valence-electron chi connectivity index (χ3n) is 12.1. The van der Waals surface area contributed by atoms with Crippen LogP contribution in [0, 0.1) is 5.92 Å². The van der Waals surface area contributed by atoms with Crippen LogP contribution in [0.5, 0.6) is 0 Å². The summed E-state index contributed by atoms with van der Waals surface area (Å²) in [6, 6.07) is 20.9. The van der Waals surface area contributed by atoms with Gasteiger partial charge in [-0.1, -0.05) is 81.2 Å². The number of aliphatic hydroxyl groups is 2. The maximum absolute atomic E-state index is 14.6. The Hall–Kier alpha value is -4.80. The van der Waals surface area contributed by atoms with Crippen LogP contribution in [0.1, 0.15) is 99.8 Å². The number of fused-ring (bicyclic) bond motifs is 2. The first-order chi connectivity index (χ1) is 26.7. The maximum Gasteiger partial charge on any atom is 0.264 e. The Bertz CT molecular complexity index is 1930. The van der Waals surface area contributed by atoms with Crippen molar-refractivity contribution in [2.24, 2.45) is 5.92 Å². The zero-order valence-electron chi connectivity index (χ0n) is 32.0. The Morgan fingerprint density at radius 3 is 2.11 bits per heavy atom. The lowest BCUT2D eigenvalue weighted by Gasteiger charge is -2.36. The first-order valence-electron chi connectivity index (χ1n) is 20.2. The molecule has 3 atom stereocenters. The quantitative estimate of drug-likeness (QED) is 0.240. The SMILES string of the molecule is C[C@H](/C=C/CC(=O)N1Cc2ccccc2C[C@H]1CO)[C@@]1(O)C(=O)N(Cc2ccc(N3CCCCCCC3=O)cc2)c2ccc(N3CCCCCCC3=O)cc21. The van der Waals surface area contributed by atoms with Gasteiger partial charge >= 0.3 is 0 Å². The summed E-state index contributed by atoms with van der Waals surface area (Å²) in [4.78, 5) is 61.2. The molecule has 0 saturated carbocycles. The summed E-state index contributed by atoms with van der Waals surface area (Å²) in [5, 5.41) is 22.7. The van der Waals surface area contributed by atoms with Crippen molar-refractivity contribution in [3.8, 4) is 0 Å². The number of nitrogens with zero attached hydrogens (tertiary/aromatic N) is 4. The Labute approximate surface area is 324 Å². The van der Waals surface area contributed by atoms with Gasteiger partial charge in [-0.05, 0) is 79.1 Å². The summed E-state index contributed by atoms with van der Waals surface area (Å²) in [7, 11) is 0. The van der Waals surface area contributed by atoms with E-state index < -0.39 is 17.4 Å². The molecule has 2 N–H and O–H groups in total. The van der Waals surface area contributed by atoms with E-state index in [-0.39, 0.29) is 43.3 Å². The molecule has 0 bridgehead atoms. The number of carbonyl (C=O) groups is 4. The summed E-state index contributed by atoms with van der Waals surface area (Å²) < 4.78 is 0. The minimum atomic E-state index is -1.95. The Kier molecular flexibility index (Phi) is 11.8. The molecule has 290 valence electrons. The van der Waals surface area contributed by atoms with Crippen LogP contribution in [-0.4, -0.2) is 64.5 Å². The van der Waals surface area contributed by atoms with Crippen molar-refractivity contribution in [1.82, 2.24) is 4.90 Å². The average molecular weight is 747 g/mol. The van der Waals surface area contributed by atoms with Gasteiger partial charge in [0.05, 0.1) is 24.9 Å². The van der Waals surface area contributed by atoms with Crippen molar-refractivity contribution in [3.05, 3.63) is 101 Å². The number of anilines is 3. The molecule has 0 radical (unpaired) electrons. The second kappa shape index (κ2) is 16.9. The Balaban J connectivity index is 1.14. The minimum Gasteiger partial charge on any atom is -0.394 e. The fraction of sp³-hybridized carbons (Fsp3) is 0.467. The number of benzene rings is 3. The minimum absolute atomic E-state index is 0.0379. The van der Waals surface area contributed by atoms with E-state index in [1.54, 1.807) is 39.8 Å². The summed E-state index contributed by atoms with van der Waals surface area (Å²) in [5.74, 6) is -1.16. The first kappa shape index (κ1) is 38.5. The summed E-state index contributed by atoms with van der Waals surface area (Å²) in [6.07, 6.45) is 12.9. The molecule has 10 nitrogen and oxygen atoms in total. The Morgan fingerprint density at radius 1 is 0.818 bits per heavy atom. The average Bonchev–Trinajstić information content (AvgIpc) is 3.39. The molecule has 0 aliphatic carbocycles. The van der Waals surface area contributed by atoms with E-state index >= 15 is 0 Å². The highest BCUT2D eigenvalue weighted by molar-refractivity contribution is 6.08. The molecule has 4 amide bonds. The topological polar surface area (TPSA) is 122 Å². The van der Waals surface area contributed by atoms with Gasteiger partial charge in [0.2, 0.25) is 17.7 Å². The molecule has 4 aliphatic rings. The number of hydrogen-bond donors (Lipinski definition) is 2. The van der Waals surface area contributed by atoms with Crippen molar-refractivity contribution in [2.75, 3.05) is 34.4 Å². The van der Waals surface area contributed by atoms with Crippen LogP contribution in [-0.2, 0) is 44.3 Å². The molecule has 4 aliphatic heterocycles. The standard InChI is InChI=1S/C45H54N4O6/c1-32(13-12-18-43(53)48-30-35-15-9-8-14-34(35)27-38(48)31-50)45(55)39-28-37(47-26-11-5-3-7-17-42(47)52)23-24-40(39)49(44(45)54)29-33-19-21-36(22-20-33)46-25-10-4-2-6-16-41(46)51/h8-9,12-15,19-24,28,32,38,50,55H,2-7,10-11,16-18,25-27,29-31H2,1H3/b13-12+/t32-,38+,45+/m1/s1. The molecule has 2 fully saturated rings. The van der Waals surface area contributed by atoms with Crippen molar-refractivity contribution in [3.63, 3.8) is 0 Å². The van der Waals surface area contributed by atoms with Crippen LogP contribution < -0.4 is 14.7 Å². The number of amides is 4. The molecule has 2 saturated heterocycles. The van der Waals surface area contributed by atoms with Crippen LogP contribution in [0.4, 0.5) is 17.1 Å².